The summed E-state index contributed by atoms with van der Waals surface area (Å²) < 4.78 is 0. The first kappa shape index (κ1) is 13.8. The van der Waals surface area contributed by atoms with Crippen LogP contribution in [-0.2, 0) is 4.79 Å². The van der Waals surface area contributed by atoms with Crippen molar-refractivity contribution in [1.29, 1.82) is 0 Å². The van der Waals surface area contributed by atoms with Crippen LogP contribution in [0.15, 0.2) is 24.3 Å². The van der Waals surface area contributed by atoms with Crippen LogP contribution in [0.2, 0.25) is 0 Å². The number of hydrogen-bond donors (Lipinski definition) is 0. The molecule has 0 aromatic heterocycles. The van der Waals surface area contributed by atoms with Crippen LogP contribution in [-0.4, -0.2) is 12.5 Å². The van der Waals surface area contributed by atoms with E-state index in [-0.39, 0.29) is 5.91 Å². The molecule has 1 aromatic carbocycles. The molecule has 0 unspecified atom stereocenters. The molecule has 0 spiro atoms. The number of unbranched alkanes of at least 4 members (excludes halogenated alkanes) is 2. The molecule has 17 heavy (non-hydrogen) atoms. The van der Waals surface area contributed by atoms with E-state index in [0.29, 0.717) is 6.42 Å². The Morgan fingerprint density at radius 1 is 1.18 bits per heavy atom. The molecule has 0 N–H and O–H groups in total. The van der Waals surface area contributed by atoms with Gasteiger partial charge in [0, 0.05) is 18.7 Å². The van der Waals surface area contributed by atoms with E-state index in [0.717, 1.165) is 37.1 Å². The lowest BCUT2D eigenvalue weighted by Crippen LogP contribution is -2.30. The summed E-state index contributed by atoms with van der Waals surface area (Å²) in [6.45, 7) is 8.73. The van der Waals surface area contributed by atoms with Crippen LogP contribution in [0.25, 0.3) is 0 Å². The van der Waals surface area contributed by atoms with E-state index in [1.54, 1.807) is 0 Å². The lowest BCUT2D eigenvalue weighted by Gasteiger charge is -2.21. The van der Waals surface area contributed by atoms with Crippen molar-refractivity contribution in [2.24, 2.45) is 0 Å². The highest BCUT2D eigenvalue weighted by Gasteiger charge is 2.12. The van der Waals surface area contributed by atoms with E-state index < -0.39 is 0 Å². The van der Waals surface area contributed by atoms with Gasteiger partial charge in [-0.15, -0.1) is 0 Å². The third-order valence-electron chi connectivity index (χ3n) is 2.86. The van der Waals surface area contributed by atoms with Crippen molar-refractivity contribution in [1.82, 2.24) is 0 Å². The van der Waals surface area contributed by atoms with Gasteiger partial charge in [0.1, 0.15) is 0 Å². The molecule has 2 heteroatoms. The molecule has 1 rings (SSSR count). The Morgan fingerprint density at radius 2 is 1.82 bits per heavy atom. The van der Waals surface area contributed by atoms with E-state index in [2.05, 4.69) is 13.8 Å². The topological polar surface area (TPSA) is 20.3 Å². The van der Waals surface area contributed by atoms with Crippen LogP contribution in [0.1, 0.15) is 45.1 Å². The lowest BCUT2D eigenvalue weighted by atomic mass is 10.1. The fraction of sp³-hybridized carbons (Fsp3) is 0.467. The summed E-state index contributed by atoms with van der Waals surface area (Å²) in [6, 6.07) is 7.81. The molecule has 1 radical (unpaired) electrons. The number of amides is 1. The summed E-state index contributed by atoms with van der Waals surface area (Å²) in [4.78, 5) is 13.9. The van der Waals surface area contributed by atoms with Crippen molar-refractivity contribution in [3.05, 3.63) is 36.8 Å². The first-order valence-corrected chi connectivity index (χ1v) is 6.41. The molecule has 0 aliphatic carbocycles. The number of nitrogens with zero attached hydrogens (tertiary/aromatic N) is 1. The Balaban J connectivity index is 2.64. The minimum absolute atomic E-state index is 0.220. The molecule has 2 nitrogen and oxygen atoms in total. The van der Waals surface area contributed by atoms with Gasteiger partial charge in [-0.25, -0.2) is 0 Å². The van der Waals surface area contributed by atoms with Crippen molar-refractivity contribution in [2.75, 3.05) is 11.4 Å². The van der Waals surface area contributed by atoms with Gasteiger partial charge in [-0.1, -0.05) is 31.9 Å². The molecule has 1 amide bonds. The van der Waals surface area contributed by atoms with Gasteiger partial charge in [-0.3, -0.25) is 4.79 Å². The highest BCUT2D eigenvalue weighted by molar-refractivity contribution is 5.93. The first-order chi connectivity index (χ1) is 8.19. The van der Waals surface area contributed by atoms with Crippen molar-refractivity contribution in [3.8, 4) is 0 Å². The Bertz CT molecular complexity index is 342. The van der Waals surface area contributed by atoms with Gasteiger partial charge >= 0.3 is 0 Å². The third kappa shape index (κ3) is 4.22. The van der Waals surface area contributed by atoms with E-state index in [4.69, 9.17) is 0 Å². The normalized spacial score (nSPS) is 10.3. The van der Waals surface area contributed by atoms with Gasteiger partial charge in [0.25, 0.3) is 0 Å². The minimum atomic E-state index is 0.220. The zero-order chi connectivity index (χ0) is 12.7. The fourth-order valence-electron chi connectivity index (χ4n) is 1.84. The summed E-state index contributed by atoms with van der Waals surface area (Å²) >= 11 is 0. The molecule has 93 valence electrons. The zero-order valence-electron chi connectivity index (χ0n) is 10.9. The monoisotopic (exact) mass is 232 g/mol. The predicted molar refractivity (Wildman–Crippen MR) is 73.1 cm³/mol. The van der Waals surface area contributed by atoms with Crippen molar-refractivity contribution >= 4 is 11.6 Å². The van der Waals surface area contributed by atoms with E-state index in [9.17, 15) is 4.79 Å². The number of rotatable bonds is 6. The van der Waals surface area contributed by atoms with Crippen LogP contribution in [0.4, 0.5) is 5.69 Å². The summed E-state index contributed by atoms with van der Waals surface area (Å²) in [5, 5.41) is 0. The third-order valence-corrected chi connectivity index (χ3v) is 2.86. The van der Waals surface area contributed by atoms with E-state index in [1.807, 2.05) is 36.1 Å². The minimum Gasteiger partial charge on any atom is -0.313 e. The number of anilines is 1. The van der Waals surface area contributed by atoms with Gasteiger partial charge in [0.05, 0.1) is 0 Å². The Kier molecular flexibility index (Phi) is 5.75. The molecule has 0 bridgehead atoms. The van der Waals surface area contributed by atoms with Crippen LogP contribution in [0, 0.1) is 6.92 Å². The Labute approximate surface area is 105 Å². The summed E-state index contributed by atoms with van der Waals surface area (Å²) in [6.07, 6.45) is 3.91. The Hall–Kier alpha value is -1.31. The maximum Gasteiger partial charge on any atom is 0.226 e. The number of benzene rings is 1. The standard InChI is InChI=1S/C15H22NO/c1-4-6-7-8-15(17)16(5-2)14-11-9-13(3)10-12-14/h9-12H,3-8H2,1-2H3. The second-order valence-electron chi connectivity index (χ2n) is 4.26. The molecule has 0 saturated carbocycles. The zero-order valence-corrected chi connectivity index (χ0v) is 10.9. The number of carbonyl (C=O) groups excluding carboxylic acids is 1. The molecule has 0 aliphatic heterocycles. The molecule has 1 aromatic rings. The van der Waals surface area contributed by atoms with Crippen LogP contribution >= 0.6 is 0 Å². The smallest absolute Gasteiger partial charge is 0.226 e. The average molecular weight is 232 g/mol. The summed E-state index contributed by atoms with van der Waals surface area (Å²) in [7, 11) is 0. The highest BCUT2D eigenvalue weighted by Crippen LogP contribution is 2.16. The van der Waals surface area contributed by atoms with Crippen molar-refractivity contribution < 1.29 is 4.79 Å². The summed E-state index contributed by atoms with van der Waals surface area (Å²) in [5.41, 5.74) is 1.95. The number of hydrogen-bond acceptors (Lipinski definition) is 1. The maximum absolute atomic E-state index is 12.0. The maximum atomic E-state index is 12.0. The molecule has 0 aliphatic rings. The van der Waals surface area contributed by atoms with E-state index in [1.165, 1.54) is 0 Å². The second kappa shape index (κ2) is 7.10. The Morgan fingerprint density at radius 3 is 2.35 bits per heavy atom. The van der Waals surface area contributed by atoms with Crippen LogP contribution in [0.3, 0.4) is 0 Å². The van der Waals surface area contributed by atoms with Gasteiger partial charge in [-0.05, 0) is 38.0 Å². The van der Waals surface area contributed by atoms with Gasteiger partial charge in [-0.2, -0.15) is 0 Å². The lowest BCUT2D eigenvalue weighted by molar-refractivity contribution is -0.118. The van der Waals surface area contributed by atoms with Gasteiger partial charge in [0.2, 0.25) is 5.91 Å². The predicted octanol–water partition coefficient (Wildman–Crippen LogP) is 3.80. The van der Waals surface area contributed by atoms with Crippen LogP contribution < -0.4 is 4.90 Å². The van der Waals surface area contributed by atoms with Crippen LogP contribution in [0.5, 0.6) is 0 Å². The highest BCUT2D eigenvalue weighted by atomic mass is 16.2. The quantitative estimate of drug-likeness (QED) is 0.683. The summed E-state index contributed by atoms with van der Waals surface area (Å²) in [5.74, 6) is 0.220. The largest absolute Gasteiger partial charge is 0.313 e. The SMILES string of the molecule is [CH2]c1ccc(N(CC)C(=O)CCCCC)cc1. The molecular formula is C15H22NO. The average Bonchev–Trinajstić information content (AvgIpc) is 2.33. The molecular weight excluding hydrogens is 210 g/mol. The van der Waals surface area contributed by atoms with Crippen molar-refractivity contribution in [3.63, 3.8) is 0 Å². The van der Waals surface area contributed by atoms with E-state index >= 15 is 0 Å². The molecule has 0 saturated heterocycles. The number of carbonyl (C=O) groups is 1. The van der Waals surface area contributed by atoms with Gasteiger partial charge < -0.3 is 4.90 Å². The van der Waals surface area contributed by atoms with Gasteiger partial charge in [0.15, 0.2) is 0 Å². The molecule has 0 fully saturated rings. The molecule has 0 heterocycles. The fourth-order valence-corrected chi connectivity index (χ4v) is 1.84. The second-order valence-corrected chi connectivity index (χ2v) is 4.26. The molecule has 0 atom stereocenters. The first-order valence-electron chi connectivity index (χ1n) is 6.41. The van der Waals surface area contributed by atoms with Crippen molar-refractivity contribution in [2.45, 2.75) is 39.5 Å².